The number of hydrazone groups is 1. The van der Waals surface area contributed by atoms with Gasteiger partial charge < -0.3 is 19.5 Å². The summed E-state index contributed by atoms with van der Waals surface area (Å²) in [6.07, 6.45) is 1.37. The molecule has 0 atom stereocenters. The van der Waals surface area contributed by atoms with E-state index in [2.05, 4.69) is 15.8 Å². The summed E-state index contributed by atoms with van der Waals surface area (Å²) in [4.78, 5) is 23.8. The summed E-state index contributed by atoms with van der Waals surface area (Å²) in [5.74, 6) is -0.201. The molecule has 2 aromatic rings. The predicted molar refractivity (Wildman–Crippen MR) is 96.9 cm³/mol. The van der Waals surface area contributed by atoms with Crippen LogP contribution in [0.5, 0.6) is 17.2 Å². The summed E-state index contributed by atoms with van der Waals surface area (Å²) < 4.78 is 15.4. The molecule has 0 fully saturated rings. The van der Waals surface area contributed by atoms with Crippen LogP contribution in [0.4, 0.5) is 5.69 Å². The maximum absolute atomic E-state index is 11.9. The summed E-state index contributed by atoms with van der Waals surface area (Å²) in [6.45, 7) is 0. The molecule has 2 amide bonds. The highest BCUT2D eigenvalue weighted by molar-refractivity contribution is 6.39. The van der Waals surface area contributed by atoms with E-state index in [0.717, 1.165) is 0 Å². The molecule has 8 heteroatoms. The van der Waals surface area contributed by atoms with Crippen molar-refractivity contribution >= 4 is 23.7 Å². The Morgan fingerprint density at radius 1 is 0.923 bits per heavy atom. The lowest BCUT2D eigenvalue weighted by Crippen LogP contribution is -2.32. The number of carbonyl (C=O) groups is 2. The Kier molecular flexibility index (Phi) is 6.55. The van der Waals surface area contributed by atoms with E-state index < -0.39 is 11.8 Å². The van der Waals surface area contributed by atoms with Gasteiger partial charge in [0.05, 0.1) is 33.2 Å². The van der Waals surface area contributed by atoms with E-state index in [-0.39, 0.29) is 0 Å². The Balaban J connectivity index is 1.99. The van der Waals surface area contributed by atoms with Gasteiger partial charge >= 0.3 is 11.8 Å². The fourth-order valence-electron chi connectivity index (χ4n) is 2.06. The highest BCUT2D eigenvalue weighted by Gasteiger charge is 2.15. The summed E-state index contributed by atoms with van der Waals surface area (Å²) in [5.41, 5.74) is 3.15. The van der Waals surface area contributed by atoms with E-state index in [4.69, 9.17) is 14.2 Å². The van der Waals surface area contributed by atoms with Crippen LogP contribution < -0.4 is 25.0 Å². The number of nitrogens with one attached hydrogen (secondary N) is 2. The third-order valence-corrected chi connectivity index (χ3v) is 3.37. The Hall–Kier alpha value is -3.55. The van der Waals surface area contributed by atoms with Gasteiger partial charge in [0, 0.05) is 11.6 Å². The molecule has 2 aromatic carbocycles. The molecule has 0 aliphatic heterocycles. The zero-order valence-corrected chi connectivity index (χ0v) is 14.6. The summed E-state index contributed by atoms with van der Waals surface area (Å²) in [5, 5.41) is 6.23. The Morgan fingerprint density at radius 2 is 1.65 bits per heavy atom. The molecule has 0 heterocycles. The molecule has 0 aliphatic carbocycles. The van der Waals surface area contributed by atoms with Crippen molar-refractivity contribution in [3.05, 3.63) is 48.0 Å². The van der Waals surface area contributed by atoms with E-state index in [9.17, 15) is 9.59 Å². The molecule has 0 saturated heterocycles. The molecule has 0 radical (unpaired) electrons. The van der Waals surface area contributed by atoms with Gasteiger partial charge in [0.1, 0.15) is 17.2 Å². The fourth-order valence-corrected chi connectivity index (χ4v) is 2.06. The second kappa shape index (κ2) is 9.07. The third-order valence-electron chi connectivity index (χ3n) is 3.37. The van der Waals surface area contributed by atoms with E-state index >= 15 is 0 Å². The van der Waals surface area contributed by atoms with Gasteiger partial charge in [0.15, 0.2) is 0 Å². The smallest absolute Gasteiger partial charge is 0.329 e. The highest BCUT2D eigenvalue weighted by Crippen LogP contribution is 2.23. The van der Waals surface area contributed by atoms with Crippen LogP contribution >= 0.6 is 0 Å². The average molecular weight is 357 g/mol. The van der Waals surface area contributed by atoms with Crippen LogP contribution in [0.2, 0.25) is 0 Å². The number of carbonyl (C=O) groups excluding carboxylic acids is 2. The van der Waals surface area contributed by atoms with Gasteiger partial charge in [-0.2, -0.15) is 5.10 Å². The van der Waals surface area contributed by atoms with Crippen LogP contribution in [0.25, 0.3) is 0 Å². The number of nitrogens with zero attached hydrogens (tertiary/aromatic N) is 1. The van der Waals surface area contributed by atoms with Crippen molar-refractivity contribution in [3.63, 3.8) is 0 Å². The standard InChI is InChI=1S/C18H19N3O5/c1-24-13-9-8-12(16(10-13)26-3)11-19-21-18(23)17(22)20-14-6-4-5-7-15(14)25-2/h4-11H,1-3H3,(H,20,22)(H,21,23)/b19-11-. The normalized spacial score (nSPS) is 10.3. The minimum absolute atomic E-state index is 0.385. The number of rotatable bonds is 6. The van der Waals surface area contributed by atoms with Crippen LogP contribution in [0, 0.1) is 0 Å². The number of methoxy groups -OCH3 is 3. The maximum Gasteiger partial charge on any atom is 0.329 e. The average Bonchev–Trinajstić information content (AvgIpc) is 2.68. The third kappa shape index (κ3) is 4.73. The second-order valence-corrected chi connectivity index (χ2v) is 4.96. The molecule has 26 heavy (non-hydrogen) atoms. The Bertz CT molecular complexity index is 820. The molecule has 2 N–H and O–H groups in total. The van der Waals surface area contributed by atoms with E-state index in [1.807, 2.05) is 0 Å². The van der Waals surface area contributed by atoms with Crippen LogP contribution in [0.1, 0.15) is 5.56 Å². The van der Waals surface area contributed by atoms with Crippen LogP contribution in [-0.2, 0) is 9.59 Å². The van der Waals surface area contributed by atoms with Crippen LogP contribution in [0.15, 0.2) is 47.6 Å². The van der Waals surface area contributed by atoms with E-state index in [1.165, 1.54) is 20.4 Å². The monoisotopic (exact) mass is 357 g/mol. The molecule has 8 nitrogen and oxygen atoms in total. The quantitative estimate of drug-likeness (QED) is 0.467. The first-order chi connectivity index (χ1) is 12.6. The van der Waals surface area contributed by atoms with Crippen molar-refractivity contribution in [1.29, 1.82) is 0 Å². The molecule has 0 aliphatic rings. The lowest BCUT2D eigenvalue weighted by Gasteiger charge is -2.09. The summed E-state index contributed by atoms with van der Waals surface area (Å²) >= 11 is 0. The van der Waals surface area contributed by atoms with Gasteiger partial charge in [-0.15, -0.1) is 0 Å². The lowest BCUT2D eigenvalue weighted by atomic mass is 10.2. The number of anilines is 1. The van der Waals surface area contributed by atoms with Crippen molar-refractivity contribution in [2.24, 2.45) is 5.10 Å². The number of benzene rings is 2. The minimum Gasteiger partial charge on any atom is -0.497 e. The van der Waals surface area contributed by atoms with Gasteiger partial charge in [0.25, 0.3) is 0 Å². The van der Waals surface area contributed by atoms with Crippen LogP contribution in [0.3, 0.4) is 0 Å². The lowest BCUT2D eigenvalue weighted by molar-refractivity contribution is -0.136. The molecule has 0 unspecified atom stereocenters. The zero-order chi connectivity index (χ0) is 18.9. The van der Waals surface area contributed by atoms with Gasteiger partial charge in [-0.3, -0.25) is 9.59 Å². The Labute approximate surface area is 150 Å². The molecular formula is C18H19N3O5. The molecular weight excluding hydrogens is 338 g/mol. The SMILES string of the molecule is COc1ccc(/C=N\NC(=O)C(=O)Nc2ccccc2OC)c(OC)c1. The topological polar surface area (TPSA) is 98.2 Å². The zero-order valence-electron chi connectivity index (χ0n) is 14.6. The molecule has 2 rings (SSSR count). The summed E-state index contributed by atoms with van der Waals surface area (Å²) in [6, 6.07) is 11.9. The predicted octanol–water partition coefficient (Wildman–Crippen LogP) is 1.80. The first-order valence-electron chi connectivity index (χ1n) is 7.58. The molecule has 136 valence electrons. The number of para-hydroxylation sites is 2. The van der Waals surface area contributed by atoms with E-state index in [1.54, 1.807) is 49.6 Å². The van der Waals surface area contributed by atoms with Gasteiger partial charge in [-0.1, -0.05) is 12.1 Å². The molecule has 0 bridgehead atoms. The van der Waals surface area contributed by atoms with Crippen molar-refractivity contribution in [2.45, 2.75) is 0 Å². The number of amides is 2. The van der Waals surface area contributed by atoms with Crippen molar-refractivity contribution < 1.29 is 23.8 Å². The second-order valence-electron chi connectivity index (χ2n) is 4.96. The Morgan fingerprint density at radius 3 is 2.35 bits per heavy atom. The van der Waals surface area contributed by atoms with Crippen LogP contribution in [-0.4, -0.2) is 39.4 Å². The van der Waals surface area contributed by atoms with Crippen molar-refractivity contribution in [2.75, 3.05) is 26.6 Å². The van der Waals surface area contributed by atoms with Gasteiger partial charge in [0.2, 0.25) is 0 Å². The summed E-state index contributed by atoms with van der Waals surface area (Å²) in [7, 11) is 4.52. The maximum atomic E-state index is 11.9. The molecule has 0 saturated carbocycles. The number of hydrogen-bond donors (Lipinski definition) is 2. The number of ether oxygens (including phenoxy) is 3. The van der Waals surface area contributed by atoms with Gasteiger partial charge in [-0.25, -0.2) is 5.43 Å². The largest absolute Gasteiger partial charge is 0.497 e. The first-order valence-corrected chi connectivity index (χ1v) is 7.58. The van der Waals surface area contributed by atoms with Gasteiger partial charge in [-0.05, 0) is 24.3 Å². The minimum atomic E-state index is -0.917. The highest BCUT2D eigenvalue weighted by atomic mass is 16.5. The fraction of sp³-hybridized carbons (Fsp3) is 0.167. The van der Waals surface area contributed by atoms with Crippen molar-refractivity contribution in [3.8, 4) is 17.2 Å². The molecule has 0 spiro atoms. The van der Waals surface area contributed by atoms with E-state index in [0.29, 0.717) is 28.5 Å². The molecule has 0 aromatic heterocycles. The number of hydrogen-bond acceptors (Lipinski definition) is 6. The van der Waals surface area contributed by atoms with Crippen molar-refractivity contribution in [1.82, 2.24) is 5.43 Å². The first kappa shape index (κ1) is 18.8.